The highest BCUT2D eigenvalue weighted by Gasteiger charge is 2.38. The van der Waals surface area contributed by atoms with Gasteiger partial charge in [-0.2, -0.15) is 0 Å². The van der Waals surface area contributed by atoms with Gasteiger partial charge in [-0.25, -0.2) is 8.51 Å². The zero-order valence-corrected chi connectivity index (χ0v) is 12.8. The van der Waals surface area contributed by atoms with Crippen LogP contribution in [0.25, 0.3) is 10.4 Å². The van der Waals surface area contributed by atoms with Gasteiger partial charge in [0.2, 0.25) is 0 Å². The monoisotopic (exact) mass is 343 g/mol. The zero-order valence-electron chi connectivity index (χ0n) is 12.0. The summed E-state index contributed by atoms with van der Waals surface area (Å²) in [6.45, 7) is 0.0739. The van der Waals surface area contributed by atoms with E-state index in [-0.39, 0.29) is 28.4 Å². The van der Waals surface area contributed by atoms with Crippen LogP contribution in [0, 0.1) is 10.1 Å². The topological polar surface area (TPSA) is 129 Å². The fourth-order valence-electron chi connectivity index (χ4n) is 2.37. The fourth-order valence-corrected chi connectivity index (χ4v) is 3.70. The summed E-state index contributed by atoms with van der Waals surface area (Å²) in [5.41, 5.74) is 8.73. The van der Waals surface area contributed by atoms with Crippen LogP contribution in [0.4, 0.5) is 11.4 Å². The highest BCUT2D eigenvalue weighted by atomic mass is 32.2. The standard InChI is InChI=1S/C14H9N5O4S/c15-17-16-11-6-10(19(21)22)7-12-13(11)14(20)18(24(12)23)8-9-4-2-1-3-5-9/h1-7H,8H2. The molecular formula is C14H9N5O4S. The molecule has 2 aromatic rings. The van der Waals surface area contributed by atoms with Crippen LogP contribution < -0.4 is 0 Å². The maximum atomic E-state index is 12.6. The van der Waals surface area contributed by atoms with Gasteiger partial charge in [0.15, 0.2) is 11.0 Å². The van der Waals surface area contributed by atoms with E-state index in [9.17, 15) is 19.1 Å². The minimum atomic E-state index is -1.91. The predicted octanol–water partition coefficient (Wildman–Crippen LogP) is 3.22. The number of hydrogen-bond acceptors (Lipinski definition) is 5. The molecule has 0 saturated heterocycles. The molecule has 0 fully saturated rings. The Bertz CT molecular complexity index is 924. The van der Waals surface area contributed by atoms with E-state index in [0.29, 0.717) is 0 Å². The van der Waals surface area contributed by atoms with E-state index in [0.717, 1.165) is 22.0 Å². The lowest BCUT2D eigenvalue weighted by Crippen LogP contribution is -2.25. The molecule has 24 heavy (non-hydrogen) atoms. The molecular weight excluding hydrogens is 334 g/mol. The number of carbonyl (C=O) groups is 1. The molecule has 0 saturated carbocycles. The maximum absolute atomic E-state index is 12.6. The van der Waals surface area contributed by atoms with Gasteiger partial charge in [0.1, 0.15) is 0 Å². The minimum absolute atomic E-state index is 0.0208. The molecule has 0 aromatic heterocycles. The predicted molar refractivity (Wildman–Crippen MR) is 84.6 cm³/mol. The molecule has 1 unspecified atom stereocenters. The molecule has 3 rings (SSSR count). The van der Waals surface area contributed by atoms with E-state index < -0.39 is 21.8 Å². The molecule has 1 aliphatic rings. The van der Waals surface area contributed by atoms with Crippen molar-refractivity contribution in [1.82, 2.24) is 4.31 Å². The SMILES string of the molecule is [N-]=[N+]=Nc1cc([N+](=O)[O-])cc2c1C(=O)N(Cc1ccccc1)S2=O. The van der Waals surface area contributed by atoms with Crippen molar-refractivity contribution in [2.75, 3.05) is 0 Å². The first kappa shape index (κ1) is 15.7. The molecule has 1 amide bonds. The maximum Gasteiger partial charge on any atom is 0.271 e. The number of amides is 1. The summed E-state index contributed by atoms with van der Waals surface area (Å²) in [6.07, 6.45) is 0. The second kappa shape index (κ2) is 6.11. The van der Waals surface area contributed by atoms with Crippen molar-refractivity contribution in [2.24, 2.45) is 5.11 Å². The highest BCUT2D eigenvalue weighted by molar-refractivity contribution is 7.84. The Hall–Kier alpha value is -3.23. The summed E-state index contributed by atoms with van der Waals surface area (Å²) in [6, 6.07) is 11.0. The third kappa shape index (κ3) is 2.60. The minimum Gasteiger partial charge on any atom is -0.268 e. The number of azide groups is 1. The number of rotatable bonds is 4. The molecule has 0 spiro atoms. The molecule has 0 N–H and O–H groups in total. The first-order valence-electron chi connectivity index (χ1n) is 6.68. The summed E-state index contributed by atoms with van der Waals surface area (Å²) >= 11 is 0. The fraction of sp³-hybridized carbons (Fsp3) is 0.0714. The van der Waals surface area contributed by atoms with Gasteiger partial charge in [-0.1, -0.05) is 35.4 Å². The van der Waals surface area contributed by atoms with Gasteiger partial charge < -0.3 is 0 Å². The quantitative estimate of drug-likeness (QED) is 0.277. The number of nitro groups is 1. The molecule has 120 valence electrons. The van der Waals surface area contributed by atoms with Crippen LogP contribution in [0.3, 0.4) is 0 Å². The normalized spacial score (nSPS) is 15.8. The van der Waals surface area contributed by atoms with Crippen LogP contribution in [0.2, 0.25) is 0 Å². The summed E-state index contributed by atoms with van der Waals surface area (Å²) in [4.78, 5) is 25.4. The van der Waals surface area contributed by atoms with Gasteiger partial charge in [0.25, 0.3) is 11.6 Å². The number of carbonyl (C=O) groups excluding carboxylic acids is 1. The Labute approximate surface area is 137 Å². The zero-order chi connectivity index (χ0) is 17.3. The largest absolute Gasteiger partial charge is 0.271 e. The Kier molecular flexibility index (Phi) is 3.98. The Morgan fingerprint density at radius 2 is 2.00 bits per heavy atom. The van der Waals surface area contributed by atoms with Crippen LogP contribution in [-0.4, -0.2) is 19.3 Å². The van der Waals surface area contributed by atoms with Crippen molar-refractivity contribution in [2.45, 2.75) is 11.4 Å². The number of nitrogens with zero attached hydrogens (tertiary/aromatic N) is 5. The number of benzene rings is 2. The lowest BCUT2D eigenvalue weighted by atomic mass is 10.1. The van der Waals surface area contributed by atoms with E-state index in [4.69, 9.17) is 5.53 Å². The van der Waals surface area contributed by atoms with E-state index in [1.54, 1.807) is 24.3 Å². The highest BCUT2D eigenvalue weighted by Crippen LogP contribution is 2.38. The smallest absolute Gasteiger partial charge is 0.268 e. The molecule has 9 nitrogen and oxygen atoms in total. The van der Waals surface area contributed by atoms with E-state index in [1.165, 1.54) is 0 Å². The van der Waals surface area contributed by atoms with Crippen molar-refractivity contribution < 1.29 is 13.9 Å². The first-order valence-corrected chi connectivity index (χ1v) is 7.79. The Morgan fingerprint density at radius 3 is 2.62 bits per heavy atom. The third-order valence-corrected chi connectivity index (χ3v) is 4.82. The molecule has 1 heterocycles. The second-order valence-electron chi connectivity index (χ2n) is 4.86. The third-order valence-electron chi connectivity index (χ3n) is 3.43. The lowest BCUT2D eigenvalue weighted by Gasteiger charge is -2.13. The first-order chi connectivity index (χ1) is 11.5. The van der Waals surface area contributed by atoms with Crippen molar-refractivity contribution in [3.8, 4) is 0 Å². The summed E-state index contributed by atoms with van der Waals surface area (Å²) in [5.74, 6) is -0.593. The van der Waals surface area contributed by atoms with Crippen LogP contribution in [0.15, 0.2) is 52.5 Å². The van der Waals surface area contributed by atoms with Crippen molar-refractivity contribution >= 4 is 28.3 Å². The van der Waals surface area contributed by atoms with Gasteiger partial charge in [-0.3, -0.25) is 14.9 Å². The van der Waals surface area contributed by atoms with Crippen molar-refractivity contribution in [1.29, 1.82) is 0 Å². The number of fused-ring (bicyclic) bond motifs is 1. The number of hydrogen-bond donors (Lipinski definition) is 0. The molecule has 0 bridgehead atoms. The van der Waals surface area contributed by atoms with Gasteiger partial charge in [0.05, 0.1) is 27.6 Å². The average Bonchev–Trinajstić information content (AvgIpc) is 2.81. The van der Waals surface area contributed by atoms with Gasteiger partial charge in [-0.15, -0.1) is 0 Å². The van der Waals surface area contributed by atoms with Crippen LogP contribution in [0.1, 0.15) is 15.9 Å². The van der Waals surface area contributed by atoms with E-state index in [1.807, 2.05) is 6.07 Å². The van der Waals surface area contributed by atoms with Gasteiger partial charge in [0, 0.05) is 17.0 Å². The van der Waals surface area contributed by atoms with Crippen LogP contribution >= 0.6 is 0 Å². The Balaban J connectivity index is 2.09. The second-order valence-corrected chi connectivity index (χ2v) is 6.24. The molecule has 0 aliphatic carbocycles. The molecule has 0 radical (unpaired) electrons. The summed E-state index contributed by atoms with van der Waals surface area (Å²) < 4.78 is 13.7. The molecule has 10 heteroatoms. The van der Waals surface area contributed by atoms with Gasteiger partial charge >= 0.3 is 0 Å². The number of non-ortho nitro benzene ring substituents is 1. The molecule has 1 aliphatic heterocycles. The van der Waals surface area contributed by atoms with E-state index in [2.05, 4.69) is 10.0 Å². The summed E-state index contributed by atoms with van der Waals surface area (Å²) in [7, 11) is -1.91. The van der Waals surface area contributed by atoms with E-state index >= 15 is 0 Å². The van der Waals surface area contributed by atoms with Crippen molar-refractivity contribution in [3.05, 3.63) is 74.1 Å². The molecule has 2 aromatic carbocycles. The summed E-state index contributed by atoms with van der Waals surface area (Å²) in [5, 5.41) is 14.3. The van der Waals surface area contributed by atoms with Crippen LogP contribution in [0.5, 0.6) is 0 Å². The lowest BCUT2D eigenvalue weighted by molar-refractivity contribution is -0.385. The van der Waals surface area contributed by atoms with Crippen LogP contribution in [-0.2, 0) is 17.5 Å². The number of nitro benzene ring substituents is 1. The average molecular weight is 343 g/mol. The van der Waals surface area contributed by atoms with Gasteiger partial charge in [-0.05, 0) is 11.1 Å². The Morgan fingerprint density at radius 1 is 1.29 bits per heavy atom. The van der Waals surface area contributed by atoms with Crippen molar-refractivity contribution in [3.63, 3.8) is 0 Å². The molecule has 1 atom stereocenters.